The minimum Gasteiger partial charge on any atom is -0.331 e. The normalized spacial score (nSPS) is 22.8. The van der Waals surface area contributed by atoms with Crippen LogP contribution in [0.4, 0.5) is 10.1 Å². The number of rotatable bonds is 7. The maximum absolute atomic E-state index is 13.1. The summed E-state index contributed by atoms with van der Waals surface area (Å²) in [5.74, 6) is -0.541. The van der Waals surface area contributed by atoms with E-state index in [4.69, 9.17) is 0 Å². The number of thioether (sulfide) groups is 1. The number of halogens is 1. The van der Waals surface area contributed by atoms with E-state index in [9.17, 15) is 18.8 Å². The summed E-state index contributed by atoms with van der Waals surface area (Å²) in [6.45, 7) is 3.63. The van der Waals surface area contributed by atoms with Gasteiger partial charge in [0.1, 0.15) is 11.3 Å². The van der Waals surface area contributed by atoms with Gasteiger partial charge in [-0.05, 0) is 43.2 Å². The van der Waals surface area contributed by atoms with Crippen molar-refractivity contribution in [1.29, 1.82) is 0 Å². The van der Waals surface area contributed by atoms with Crippen molar-refractivity contribution in [1.82, 2.24) is 15.5 Å². The molecule has 2 aliphatic heterocycles. The number of fused-ring (bicyclic) bond motifs is 1. The van der Waals surface area contributed by atoms with Gasteiger partial charge in [0.05, 0.1) is 11.7 Å². The van der Waals surface area contributed by atoms with Gasteiger partial charge in [0, 0.05) is 36.9 Å². The van der Waals surface area contributed by atoms with Crippen LogP contribution in [-0.2, 0) is 16.1 Å². The standard InChI is InChI=1S/C24H27FN4O3S/c1-15(30)17-3-2-4-19(11-17)26-22(31)14-33-24-27-21-9-10-29(13-20(21)23(32)28-24)12-16-5-7-18(25)8-6-16/h2-8,11,20-21,24,27H,9-10,12-14H2,1H3,(H,26,31)(H,28,32). The summed E-state index contributed by atoms with van der Waals surface area (Å²) in [4.78, 5) is 38.8. The van der Waals surface area contributed by atoms with Crippen LogP contribution in [0.2, 0.25) is 0 Å². The average Bonchev–Trinajstić information content (AvgIpc) is 2.80. The maximum atomic E-state index is 13.1. The molecule has 2 heterocycles. The summed E-state index contributed by atoms with van der Waals surface area (Å²) < 4.78 is 13.1. The minimum atomic E-state index is -0.336. The van der Waals surface area contributed by atoms with Crippen molar-refractivity contribution in [3.63, 3.8) is 0 Å². The molecule has 2 aromatic rings. The van der Waals surface area contributed by atoms with E-state index in [2.05, 4.69) is 20.9 Å². The Balaban J connectivity index is 1.25. The van der Waals surface area contributed by atoms with Crippen LogP contribution in [0.15, 0.2) is 48.5 Å². The molecule has 2 aromatic carbocycles. The van der Waals surface area contributed by atoms with Crippen LogP contribution in [0.3, 0.4) is 0 Å². The third-order valence-corrected chi connectivity index (χ3v) is 6.94. The summed E-state index contributed by atoms with van der Waals surface area (Å²) in [7, 11) is 0. The zero-order valence-electron chi connectivity index (χ0n) is 18.3. The van der Waals surface area contributed by atoms with Crippen LogP contribution in [0.1, 0.15) is 29.3 Å². The molecule has 7 nitrogen and oxygen atoms in total. The van der Waals surface area contributed by atoms with E-state index < -0.39 is 0 Å². The molecule has 0 radical (unpaired) electrons. The lowest BCUT2D eigenvalue weighted by Gasteiger charge is -2.43. The van der Waals surface area contributed by atoms with Crippen molar-refractivity contribution in [3.8, 4) is 0 Å². The molecular weight excluding hydrogens is 443 g/mol. The van der Waals surface area contributed by atoms with Gasteiger partial charge in [-0.1, -0.05) is 24.3 Å². The van der Waals surface area contributed by atoms with Crippen LogP contribution in [0, 0.1) is 11.7 Å². The van der Waals surface area contributed by atoms with E-state index in [1.165, 1.54) is 30.8 Å². The highest BCUT2D eigenvalue weighted by molar-refractivity contribution is 8.00. The molecule has 0 aliphatic carbocycles. The summed E-state index contributed by atoms with van der Waals surface area (Å²) in [6, 6.07) is 13.3. The van der Waals surface area contributed by atoms with Gasteiger partial charge in [0.2, 0.25) is 11.8 Å². The zero-order valence-corrected chi connectivity index (χ0v) is 19.2. The molecule has 2 aliphatic rings. The molecular formula is C24H27FN4O3S. The van der Waals surface area contributed by atoms with Crippen molar-refractivity contribution in [2.24, 2.45) is 5.92 Å². The van der Waals surface area contributed by atoms with Gasteiger partial charge in [0.15, 0.2) is 5.78 Å². The van der Waals surface area contributed by atoms with Gasteiger partial charge in [0.25, 0.3) is 0 Å². The summed E-state index contributed by atoms with van der Waals surface area (Å²) in [5, 5.41) is 9.21. The lowest BCUT2D eigenvalue weighted by atomic mass is 9.89. The number of piperidine rings is 1. The molecule has 3 N–H and O–H groups in total. The van der Waals surface area contributed by atoms with Crippen LogP contribution >= 0.6 is 11.8 Å². The van der Waals surface area contributed by atoms with Crippen LogP contribution < -0.4 is 16.0 Å². The Morgan fingerprint density at radius 2 is 2.00 bits per heavy atom. The molecule has 0 saturated carbocycles. The molecule has 9 heteroatoms. The predicted octanol–water partition coefficient (Wildman–Crippen LogP) is 2.59. The van der Waals surface area contributed by atoms with E-state index in [0.29, 0.717) is 24.3 Å². The number of anilines is 1. The van der Waals surface area contributed by atoms with E-state index >= 15 is 0 Å². The van der Waals surface area contributed by atoms with Crippen LogP contribution in [0.25, 0.3) is 0 Å². The van der Waals surface area contributed by atoms with Crippen molar-refractivity contribution in [3.05, 3.63) is 65.5 Å². The summed E-state index contributed by atoms with van der Waals surface area (Å²) >= 11 is 1.33. The number of nitrogens with one attached hydrogen (secondary N) is 3. The number of hydrogen-bond acceptors (Lipinski definition) is 6. The van der Waals surface area contributed by atoms with E-state index in [0.717, 1.165) is 18.5 Å². The number of nitrogens with zero attached hydrogens (tertiary/aromatic N) is 1. The first-order valence-electron chi connectivity index (χ1n) is 10.9. The Morgan fingerprint density at radius 3 is 2.76 bits per heavy atom. The monoisotopic (exact) mass is 470 g/mol. The fourth-order valence-electron chi connectivity index (χ4n) is 4.21. The lowest BCUT2D eigenvalue weighted by Crippen LogP contribution is -2.64. The quantitative estimate of drug-likeness (QED) is 0.539. The largest absolute Gasteiger partial charge is 0.331 e. The molecule has 0 spiro atoms. The Kier molecular flexibility index (Phi) is 7.42. The Morgan fingerprint density at radius 1 is 1.21 bits per heavy atom. The highest BCUT2D eigenvalue weighted by atomic mass is 32.2. The number of carbonyl (C=O) groups is 3. The Labute approximate surface area is 196 Å². The molecule has 3 unspecified atom stereocenters. The van der Waals surface area contributed by atoms with Gasteiger partial charge >= 0.3 is 0 Å². The molecule has 4 rings (SSSR count). The molecule has 2 fully saturated rings. The van der Waals surface area contributed by atoms with Gasteiger partial charge < -0.3 is 10.6 Å². The lowest BCUT2D eigenvalue weighted by molar-refractivity contribution is -0.130. The average molecular weight is 471 g/mol. The highest BCUT2D eigenvalue weighted by Gasteiger charge is 2.39. The third kappa shape index (κ3) is 6.19. The number of likely N-dealkylation sites (tertiary alicyclic amines) is 1. The fraction of sp³-hybridized carbons (Fsp3) is 0.375. The van der Waals surface area contributed by atoms with Gasteiger partial charge in [-0.3, -0.25) is 24.6 Å². The Hall–Kier alpha value is -2.75. The molecule has 0 bridgehead atoms. The fourth-order valence-corrected chi connectivity index (χ4v) is 5.07. The van der Waals surface area contributed by atoms with Crippen molar-refractivity contribution in [2.75, 3.05) is 24.2 Å². The minimum absolute atomic E-state index is 0.0189. The second kappa shape index (κ2) is 10.5. The van der Waals surface area contributed by atoms with E-state index in [1.54, 1.807) is 36.4 Å². The van der Waals surface area contributed by atoms with Crippen LogP contribution in [0.5, 0.6) is 0 Å². The van der Waals surface area contributed by atoms with Gasteiger partial charge in [-0.2, -0.15) is 0 Å². The Bertz CT molecular complexity index is 1030. The summed E-state index contributed by atoms with van der Waals surface area (Å²) in [6.07, 6.45) is 0.820. The number of ketones is 1. The first-order chi connectivity index (χ1) is 15.9. The van der Waals surface area contributed by atoms with E-state index in [-0.39, 0.29) is 46.6 Å². The van der Waals surface area contributed by atoms with Gasteiger partial charge in [-0.25, -0.2) is 4.39 Å². The molecule has 174 valence electrons. The number of hydrogen-bond donors (Lipinski definition) is 3. The van der Waals surface area contributed by atoms with E-state index in [1.807, 2.05) is 0 Å². The highest BCUT2D eigenvalue weighted by Crippen LogP contribution is 2.25. The van der Waals surface area contributed by atoms with Crippen molar-refractivity contribution >= 4 is 35.0 Å². The van der Waals surface area contributed by atoms with Crippen molar-refractivity contribution < 1.29 is 18.8 Å². The third-order valence-electron chi connectivity index (χ3n) is 5.93. The van der Waals surface area contributed by atoms with Crippen LogP contribution in [-0.4, -0.2) is 52.9 Å². The zero-order chi connectivity index (χ0) is 23.4. The second-order valence-corrected chi connectivity index (χ2v) is 9.51. The molecule has 2 saturated heterocycles. The number of carbonyl (C=O) groups excluding carboxylic acids is 3. The first-order valence-corrected chi connectivity index (χ1v) is 12.0. The summed E-state index contributed by atoms with van der Waals surface area (Å²) in [5.41, 5.74) is 1.80. The van der Waals surface area contributed by atoms with Crippen molar-refractivity contribution in [2.45, 2.75) is 31.4 Å². The topological polar surface area (TPSA) is 90.5 Å². The molecule has 2 amide bonds. The molecule has 3 atom stereocenters. The molecule has 33 heavy (non-hydrogen) atoms. The second-order valence-electron chi connectivity index (χ2n) is 8.41. The SMILES string of the molecule is CC(=O)c1cccc(NC(=O)CSC2NC(=O)C3CN(Cc4ccc(F)cc4)CCC3N2)c1. The smallest absolute Gasteiger partial charge is 0.234 e. The first kappa shape index (κ1) is 23.4. The maximum Gasteiger partial charge on any atom is 0.234 e. The van der Waals surface area contributed by atoms with Gasteiger partial charge in [-0.15, -0.1) is 11.8 Å². The number of amides is 2. The molecule has 0 aromatic heterocycles. The number of benzene rings is 2. The predicted molar refractivity (Wildman–Crippen MR) is 126 cm³/mol. The number of Topliss-reactive ketones (excluding diaryl/α,β-unsaturated/α-hetero) is 1.